The number of ether oxygens (including phenoxy) is 2. The number of methoxy groups -OCH3 is 1. The Bertz CT molecular complexity index is 1170. The zero-order valence-corrected chi connectivity index (χ0v) is 21.2. The van der Waals surface area contributed by atoms with Crippen LogP contribution >= 0.6 is 23.2 Å². The Kier molecular flexibility index (Phi) is 8.39. The van der Waals surface area contributed by atoms with E-state index in [0.717, 1.165) is 16.8 Å². The van der Waals surface area contributed by atoms with Crippen molar-refractivity contribution in [3.05, 3.63) is 69.3 Å². The van der Waals surface area contributed by atoms with E-state index in [4.69, 9.17) is 32.7 Å². The van der Waals surface area contributed by atoms with Crippen molar-refractivity contribution in [2.24, 2.45) is 0 Å². The molecule has 34 heavy (non-hydrogen) atoms. The van der Waals surface area contributed by atoms with Crippen LogP contribution < -0.4 is 9.64 Å². The molecule has 8 heteroatoms. The molecule has 0 spiro atoms. The van der Waals surface area contributed by atoms with Gasteiger partial charge in [0.15, 0.2) is 11.6 Å². The first-order valence-corrected chi connectivity index (χ1v) is 11.9. The normalized spacial score (nSPS) is 13.1. The number of carbonyl (C=O) groups is 3. The number of Topliss-reactive ketones (excluding diaryl/α,β-unsaturated/α-hetero) is 2. The third-order valence-electron chi connectivity index (χ3n) is 6.09. The number of fused-ring (bicyclic) bond motifs is 1. The van der Waals surface area contributed by atoms with E-state index in [0.29, 0.717) is 47.3 Å². The van der Waals surface area contributed by atoms with E-state index in [-0.39, 0.29) is 29.3 Å². The lowest BCUT2D eigenvalue weighted by Gasteiger charge is -2.25. The first-order valence-electron chi connectivity index (χ1n) is 10.9. The van der Waals surface area contributed by atoms with Gasteiger partial charge in [-0.25, -0.2) is 4.79 Å². The third-order valence-corrected chi connectivity index (χ3v) is 6.43. The lowest BCUT2D eigenvalue weighted by molar-refractivity contribution is 0.0533. The molecule has 0 radical (unpaired) electrons. The van der Waals surface area contributed by atoms with Gasteiger partial charge >= 0.3 is 5.97 Å². The van der Waals surface area contributed by atoms with Crippen molar-refractivity contribution in [3.63, 3.8) is 0 Å². The lowest BCUT2D eigenvalue weighted by Crippen LogP contribution is -2.28. The largest absolute Gasteiger partial charge is 0.495 e. The van der Waals surface area contributed by atoms with Crippen LogP contribution in [0, 0.1) is 13.8 Å². The fourth-order valence-electron chi connectivity index (χ4n) is 3.97. The summed E-state index contributed by atoms with van der Waals surface area (Å²) < 4.78 is 10.9. The van der Waals surface area contributed by atoms with Crippen molar-refractivity contribution in [2.75, 3.05) is 43.5 Å². The van der Waals surface area contributed by atoms with E-state index in [1.165, 1.54) is 7.11 Å². The summed E-state index contributed by atoms with van der Waals surface area (Å²) >= 11 is 11.8. The molecule has 0 fully saturated rings. The molecule has 1 aliphatic carbocycles. The van der Waals surface area contributed by atoms with Gasteiger partial charge in [0.05, 0.1) is 18.4 Å². The number of alkyl halides is 2. The fourth-order valence-corrected chi connectivity index (χ4v) is 4.38. The summed E-state index contributed by atoms with van der Waals surface area (Å²) in [6.45, 7) is 6.16. The summed E-state index contributed by atoms with van der Waals surface area (Å²) in [6.07, 6.45) is 0. The Labute approximate surface area is 209 Å². The van der Waals surface area contributed by atoms with Crippen molar-refractivity contribution in [1.29, 1.82) is 0 Å². The predicted octanol–water partition coefficient (Wildman–Crippen LogP) is 5.15. The highest BCUT2D eigenvalue weighted by Crippen LogP contribution is 2.32. The minimum Gasteiger partial charge on any atom is -0.495 e. The maximum atomic E-state index is 13.1. The number of hydrogen-bond donors (Lipinski definition) is 0. The lowest BCUT2D eigenvalue weighted by atomic mass is 9.81. The Morgan fingerprint density at radius 1 is 0.971 bits per heavy atom. The quantitative estimate of drug-likeness (QED) is 0.348. The standard InChI is InChI=1S/C26H27Cl2NO5/c1-15-5-7-19-23(16(15)2)24(30)17(3)20(25(19)31)14-34-26(32)18-6-8-21(22(13-18)33-4)29(11-9-27)12-10-28/h5-8,13H,9-12,14H2,1-4H3. The number of nitrogens with zero attached hydrogens (tertiary/aromatic N) is 1. The van der Waals surface area contributed by atoms with Crippen LogP contribution in [0.15, 0.2) is 41.5 Å². The van der Waals surface area contributed by atoms with Gasteiger partial charge in [0.1, 0.15) is 12.4 Å². The van der Waals surface area contributed by atoms with Gasteiger partial charge in [-0.2, -0.15) is 0 Å². The van der Waals surface area contributed by atoms with Crippen LogP contribution in [-0.2, 0) is 4.74 Å². The van der Waals surface area contributed by atoms with Crippen molar-refractivity contribution in [3.8, 4) is 5.75 Å². The highest BCUT2D eigenvalue weighted by molar-refractivity contribution is 6.27. The Balaban J connectivity index is 1.82. The van der Waals surface area contributed by atoms with E-state index in [1.54, 1.807) is 31.2 Å². The number of anilines is 1. The third kappa shape index (κ3) is 4.98. The number of aryl methyl sites for hydroxylation is 1. The molecule has 0 saturated heterocycles. The summed E-state index contributed by atoms with van der Waals surface area (Å²) in [5.74, 6) is 0.155. The average molecular weight is 504 g/mol. The maximum Gasteiger partial charge on any atom is 0.338 e. The van der Waals surface area contributed by atoms with Crippen LogP contribution in [0.3, 0.4) is 0 Å². The zero-order chi connectivity index (χ0) is 25.0. The van der Waals surface area contributed by atoms with Crippen LogP contribution in [0.5, 0.6) is 5.75 Å². The van der Waals surface area contributed by atoms with Crippen LogP contribution in [-0.4, -0.2) is 56.1 Å². The molecular weight excluding hydrogens is 477 g/mol. The number of allylic oxidation sites excluding steroid dienone is 1. The summed E-state index contributed by atoms with van der Waals surface area (Å²) in [7, 11) is 1.51. The van der Waals surface area contributed by atoms with Gasteiger partial charge in [-0.15, -0.1) is 23.2 Å². The molecule has 0 amide bonds. The minimum atomic E-state index is -0.627. The molecule has 0 N–H and O–H groups in total. The van der Waals surface area contributed by atoms with E-state index >= 15 is 0 Å². The first-order chi connectivity index (χ1) is 16.2. The van der Waals surface area contributed by atoms with Crippen molar-refractivity contribution in [1.82, 2.24) is 0 Å². The van der Waals surface area contributed by atoms with Gasteiger partial charge in [0, 0.05) is 47.1 Å². The first kappa shape index (κ1) is 25.8. The van der Waals surface area contributed by atoms with Crippen molar-refractivity contribution in [2.45, 2.75) is 20.8 Å². The Hall–Kier alpha value is -2.83. The number of rotatable bonds is 9. The number of ketones is 2. The molecule has 2 aromatic rings. The number of halogens is 2. The summed E-state index contributed by atoms with van der Waals surface area (Å²) in [4.78, 5) is 40.8. The van der Waals surface area contributed by atoms with Gasteiger partial charge < -0.3 is 14.4 Å². The second kappa shape index (κ2) is 11.1. The zero-order valence-electron chi connectivity index (χ0n) is 19.7. The van der Waals surface area contributed by atoms with E-state index in [1.807, 2.05) is 24.8 Å². The molecule has 0 heterocycles. The molecule has 6 nitrogen and oxygen atoms in total. The Morgan fingerprint density at radius 3 is 2.26 bits per heavy atom. The van der Waals surface area contributed by atoms with E-state index in [2.05, 4.69) is 0 Å². The second-order valence-electron chi connectivity index (χ2n) is 8.02. The molecule has 180 valence electrons. The summed E-state index contributed by atoms with van der Waals surface area (Å²) in [6, 6.07) is 8.41. The minimum absolute atomic E-state index is 0.188. The van der Waals surface area contributed by atoms with Crippen LogP contribution in [0.4, 0.5) is 5.69 Å². The highest BCUT2D eigenvalue weighted by atomic mass is 35.5. The van der Waals surface area contributed by atoms with E-state index in [9.17, 15) is 14.4 Å². The summed E-state index contributed by atoms with van der Waals surface area (Å²) in [5.41, 5.74) is 4.00. The fraction of sp³-hybridized carbons (Fsp3) is 0.346. The molecular formula is C26H27Cl2NO5. The molecule has 1 aliphatic rings. The van der Waals surface area contributed by atoms with Gasteiger partial charge in [-0.3, -0.25) is 9.59 Å². The van der Waals surface area contributed by atoms with Gasteiger partial charge in [-0.1, -0.05) is 12.1 Å². The van der Waals surface area contributed by atoms with Crippen LogP contribution in [0.1, 0.15) is 49.1 Å². The molecule has 0 bridgehead atoms. The number of hydrogen-bond acceptors (Lipinski definition) is 6. The average Bonchev–Trinajstić information content (AvgIpc) is 2.83. The monoisotopic (exact) mass is 503 g/mol. The number of esters is 1. The number of carbonyl (C=O) groups excluding carboxylic acids is 3. The smallest absolute Gasteiger partial charge is 0.338 e. The highest BCUT2D eigenvalue weighted by Gasteiger charge is 2.32. The molecule has 0 saturated carbocycles. The maximum absolute atomic E-state index is 13.1. The van der Waals surface area contributed by atoms with Crippen molar-refractivity contribution < 1.29 is 23.9 Å². The van der Waals surface area contributed by atoms with E-state index < -0.39 is 5.97 Å². The molecule has 0 atom stereocenters. The van der Waals surface area contributed by atoms with Gasteiger partial charge in [0.25, 0.3) is 0 Å². The topological polar surface area (TPSA) is 72.9 Å². The summed E-state index contributed by atoms with van der Waals surface area (Å²) in [5, 5.41) is 0. The van der Waals surface area contributed by atoms with Gasteiger partial charge in [0.2, 0.25) is 0 Å². The molecule has 2 aromatic carbocycles. The van der Waals surface area contributed by atoms with Crippen LogP contribution in [0.25, 0.3) is 0 Å². The van der Waals surface area contributed by atoms with Crippen LogP contribution in [0.2, 0.25) is 0 Å². The molecule has 0 aliphatic heterocycles. The predicted molar refractivity (Wildman–Crippen MR) is 134 cm³/mol. The van der Waals surface area contributed by atoms with Crippen molar-refractivity contribution >= 4 is 46.4 Å². The Morgan fingerprint density at radius 2 is 1.65 bits per heavy atom. The molecule has 0 unspecified atom stereocenters. The number of benzene rings is 2. The SMILES string of the molecule is COc1cc(C(=O)OCC2=C(C)C(=O)c3c(ccc(C)c3C)C2=O)ccc1N(CCCl)CCCl. The molecule has 0 aromatic heterocycles. The molecule has 3 rings (SSSR count). The van der Waals surface area contributed by atoms with Gasteiger partial charge in [-0.05, 0) is 50.1 Å². The second-order valence-corrected chi connectivity index (χ2v) is 8.78.